The fraction of sp³-hybridized carbons (Fsp3) is 0.435. The largest absolute Gasteiger partial charge is 0.378 e. The molecule has 0 bridgehead atoms. The number of aryl methyl sites for hydroxylation is 2. The predicted molar refractivity (Wildman–Crippen MR) is 245 cm³/mol. The molecule has 0 radical (unpaired) electrons. The zero-order valence-electron chi connectivity index (χ0n) is 35.6. The monoisotopic (exact) mass is 938 g/mol. The van der Waals surface area contributed by atoms with E-state index in [1.54, 1.807) is 22.7 Å². The van der Waals surface area contributed by atoms with E-state index in [1.165, 1.54) is 32.0 Å². The topological polar surface area (TPSA) is 145 Å². The minimum absolute atomic E-state index is 0.00345. The minimum Gasteiger partial charge on any atom is -0.378 e. The van der Waals surface area contributed by atoms with E-state index < -0.39 is 0 Å². The summed E-state index contributed by atoms with van der Waals surface area (Å²) in [6.45, 7) is 10.5. The molecule has 0 saturated carbocycles. The van der Waals surface area contributed by atoms with Crippen molar-refractivity contribution in [1.29, 1.82) is 0 Å². The van der Waals surface area contributed by atoms with Crippen molar-refractivity contribution in [1.82, 2.24) is 50.0 Å². The lowest BCUT2D eigenvalue weighted by Gasteiger charge is -2.29. The molecule has 2 aliphatic carbocycles. The van der Waals surface area contributed by atoms with Gasteiger partial charge in [0.2, 0.25) is 11.8 Å². The molecule has 0 unspecified atom stereocenters. The maximum Gasteiger partial charge on any atom is 0.226 e. The summed E-state index contributed by atoms with van der Waals surface area (Å²) in [6.07, 6.45) is 3.09. The van der Waals surface area contributed by atoms with Crippen LogP contribution in [0.5, 0.6) is 0 Å². The normalized spacial score (nSPS) is 22.2. The molecule has 2 N–H and O–H groups in total. The first-order valence-corrected chi connectivity index (χ1v) is 24.4. The van der Waals surface area contributed by atoms with Gasteiger partial charge in [0.1, 0.15) is 21.7 Å². The Bertz CT molecular complexity index is 2580. The predicted octanol–water partition coefficient (Wildman–Crippen LogP) is 6.11. The highest BCUT2D eigenvalue weighted by Crippen LogP contribution is 2.49. The van der Waals surface area contributed by atoms with E-state index in [2.05, 4.69) is 52.3 Å². The molecule has 6 aromatic rings. The van der Waals surface area contributed by atoms with Gasteiger partial charge in [-0.15, -0.1) is 43.1 Å². The van der Waals surface area contributed by atoms with E-state index in [-0.39, 0.29) is 35.7 Å². The van der Waals surface area contributed by atoms with Crippen molar-refractivity contribution in [2.45, 2.75) is 64.7 Å². The van der Waals surface area contributed by atoms with Crippen molar-refractivity contribution in [3.8, 4) is 10.0 Å². The average Bonchev–Trinajstić information content (AvgIpc) is 4.16. The molecule has 12 rings (SSSR count). The van der Waals surface area contributed by atoms with Crippen LogP contribution in [-0.4, -0.2) is 104 Å². The number of benzene rings is 2. The van der Waals surface area contributed by atoms with Gasteiger partial charge in [0.05, 0.1) is 51.6 Å². The highest BCUT2D eigenvalue weighted by molar-refractivity contribution is 7.15. The summed E-state index contributed by atoms with van der Waals surface area (Å²) >= 11 is 16.8. The van der Waals surface area contributed by atoms with Gasteiger partial charge in [-0.05, 0) is 73.9 Å². The van der Waals surface area contributed by atoms with Crippen LogP contribution in [0.15, 0.2) is 48.5 Å². The van der Waals surface area contributed by atoms with E-state index in [0.29, 0.717) is 65.7 Å². The molecule has 18 heteroatoms. The third-order valence-electron chi connectivity index (χ3n) is 13.5. The second-order valence-corrected chi connectivity index (χ2v) is 20.2. The molecule has 64 heavy (non-hydrogen) atoms. The summed E-state index contributed by atoms with van der Waals surface area (Å²) in [4.78, 5) is 33.0. The van der Waals surface area contributed by atoms with Gasteiger partial charge in [-0.2, -0.15) is 0 Å². The number of rotatable bonds is 4. The fourth-order valence-electron chi connectivity index (χ4n) is 10.4. The number of amides is 2. The van der Waals surface area contributed by atoms with Gasteiger partial charge in [-0.25, -0.2) is 0 Å². The number of thiophene rings is 2. The molecule has 2 saturated heterocycles. The summed E-state index contributed by atoms with van der Waals surface area (Å²) < 4.78 is 15.2. The highest BCUT2D eigenvalue weighted by Gasteiger charge is 2.41. The number of halogens is 2. The standard InChI is InChI=1S/2C23H24ClN5O2S/c2*1-13-26-27-19-12-25-21(15-4-2-3-5-17(15)24)20-16-10-14(11-18(16)32-23(20)29(13)19)22(30)28-6-8-31-9-7-28/h2*2-5,14,21,25H,6-12H2,1H3/t14-,21+;14-,21-/m00/s1. The van der Waals surface area contributed by atoms with Crippen LogP contribution < -0.4 is 10.6 Å². The third kappa shape index (κ3) is 7.39. The molecule has 2 fully saturated rings. The van der Waals surface area contributed by atoms with E-state index in [1.807, 2.05) is 60.0 Å². The lowest BCUT2D eigenvalue weighted by Crippen LogP contribution is -2.44. The molecule has 4 aliphatic heterocycles. The zero-order chi connectivity index (χ0) is 43.6. The molecule has 0 spiro atoms. The second-order valence-electron chi connectivity index (χ2n) is 17.2. The summed E-state index contributed by atoms with van der Waals surface area (Å²) in [5, 5.41) is 28.6. The lowest BCUT2D eigenvalue weighted by molar-refractivity contribution is -0.140. The first kappa shape index (κ1) is 42.1. The summed E-state index contributed by atoms with van der Waals surface area (Å²) in [5.41, 5.74) is 7.12. The third-order valence-corrected chi connectivity index (χ3v) is 16.7. The molecule has 6 aliphatic rings. The molecular formula is C46H48Cl2N10O4S2. The molecule has 332 valence electrons. The van der Waals surface area contributed by atoms with Gasteiger partial charge in [-0.1, -0.05) is 59.6 Å². The fourth-order valence-corrected chi connectivity index (χ4v) is 13.9. The Hall–Kier alpha value is -4.52. The first-order chi connectivity index (χ1) is 31.2. The van der Waals surface area contributed by atoms with Gasteiger partial charge in [0.25, 0.3) is 0 Å². The van der Waals surface area contributed by atoms with Gasteiger partial charge >= 0.3 is 0 Å². The Kier molecular flexibility index (Phi) is 11.4. The smallest absolute Gasteiger partial charge is 0.226 e. The molecule has 2 amide bonds. The minimum atomic E-state index is -0.0583. The molecule has 4 atom stereocenters. The van der Waals surface area contributed by atoms with Crippen molar-refractivity contribution in [3.63, 3.8) is 0 Å². The molecule has 8 heterocycles. The number of nitrogens with one attached hydrogen (secondary N) is 2. The number of ether oxygens (including phenoxy) is 2. The highest BCUT2D eigenvalue weighted by atomic mass is 35.5. The summed E-state index contributed by atoms with van der Waals surface area (Å²) in [7, 11) is 0. The zero-order valence-corrected chi connectivity index (χ0v) is 38.8. The Balaban J connectivity index is 0.000000143. The van der Waals surface area contributed by atoms with E-state index in [4.69, 9.17) is 32.7 Å². The van der Waals surface area contributed by atoms with Crippen molar-refractivity contribution >= 4 is 57.7 Å². The van der Waals surface area contributed by atoms with Crippen molar-refractivity contribution in [3.05, 3.63) is 125 Å². The van der Waals surface area contributed by atoms with Crippen LogP contribution in [0, 0.1) is 25.7 Å². The maximum absolute atomic E-state index is 13.2. The van der Waals surface area contributed by atoms with Crippen molar-refractivity contribution in [2.75, 3.05) is 52.6 Å². The lowest BCUT2D eigenvalue weighted by atomic mass is 9.94. The number of fused-ring (bicyclic) bond motifs is 10. The number of hydrogen-bond donors (Lipinski definition) is 2. The molecule has 2 aromatic carbocycles. The Morgan fingerprint density at radius 3 is 1.42 bits per heavy atom. The van der Waals surface area contributed by atoms with Crippen LogP contribution in [0.2, 0.25) is 10.0 Å². The Labute approximate surface area is 388 Å². The van der Waals surface area contributed by atoms with Crippen LogP contribution >= 0.6 is 45.9 Å². The number of carbonyl (C=O) groups is 2. The van der Waals surface area contributed by atoms with Gasteiger partial charge in [-0.3, -0.25) is 29.4 Å². The van der Waals surface area contributed by atoms with E-state index in [0.717, 1.165) is 80.2 Å². The average molecular weight is 940 g/mol. The van der Waals surface area contributed by atoms with Crippen LogP contribution in [0.3, 0.4) is 0 Å². The number of nitrogens with zero attached hydrogens (tertiary/aromatic N) is 8. The summed E-state index contributed by atoms with van der Waals surface area (Å²) in [6, 6.07) is 15.9. The number of hydrogen-bond acceptors (Lipinski definition) is 12. The maximum atomic E-state index is 13.2. The van der Waals surface area contributed by atoms with Gasteiger partial charge in [0.15, 0.2) is 11.6 Å². The number of aromatic nitrogens is 6. The van der Waals surface area contributed by atoms with E-state index >= 15 is 0 Å². The second kappa shape index (κ2) is 17.4. The first-order valence-electron chi connectivity index (χ1n) is 22.0. The molecule has 14 nitrogen and oxygen atoms in total. The SMILES string of the molecule is Cc1nnc2n1-c1sc3c(c1[C@@H](c1ccccc1Cl)NC2)C[C@H](C(=O)N1CCOCC1)C3.Cc1nnc2n1-c1sc3c(c1[C@H](c1ccccc1Cl)NC2)C[C@H](C(=O)N1CCOCC1)C3. The Morgan fingerprint density at radius 1 is 0.609 bits per heavy atom. The molecular weight excluding hydrogens is 892 g/mol. The van der Waals surface area contributed by atoms with Crippen molar-refractivity contribution < 1.29 is 19.1 Å². The van der Waals surface area contributed by atoms with Crippen LogP contribution in [0.4, 0.5) is 0 Å². The summed E-state index contributed by atoms with van der Waals surface area (Å²) in [5.74, 6) is 4.06. The van der Waals surface area contributed by atoms with Gasteiger partial charge < -0.3 is 19.3 Å². The molecule has 4 aromatic heterocycles. The van der Waals surface area contributed by atoms with Crippen LogP contribution in [0.1, 0.15) is 78.5 Å². The van der Waals surface area contributed by atoms with Crippen LogP contribution in [-0.2, 0) is 57.8 Å². The number of morpholine rings is 2. The quantitative estimate of drug-likeness (QED) is 0.213. The van der Waals surface area contributed by atoms with Crippen molar-refractivity contribution in [2.24, 2.45) is 11.8 Å². The van der Waals surface area contributed by atoms with E-state index in [9.17, 15) is 9.59 Å². The van der Waals surface area contributed by atoms with Gasteiger partial charge in [0, 0.05) is 68.9 Å². The number of carbonyl (C=O) groups excluding carboxylic acids is 2. The van der Waals surface area contributed by atoms with Crippen LogP contribution in [0.25, 0.3) is 10.0 Å². The Morgan fingerprint density at radius 2 is 1.02 bits per heavy atom.